The predicted octanol–water partition coefficient (Wildman–Crippen LogP) is 0.332. The molecular formula is C12H15N3O2. The summed E-state index contributed by atoms with van der Waals surface area (Å²) >= 11 is 0. The number of rotatable bonds is 3. The third kappa shape index (κ3) is 2.45. The van der Waals surface area contributed by atoms with Gasteiger partial charge in [0.15, 0.2) is 0 Å². The second-order valence-electron chi connectivity index (χ2n) is 4.12. The molecule has 2 atom stereocenters. The Balaban J connectivity index is 2.15. The Morgan fingerprint density at radius 3 is 2.59 bits per heavy atom. The highest BCUT2D eigenvalue weighted by molar-refractivity contribution is 6.04. The number of nitrogens with two attached hydrogens (primary N) is 1. The molecule has 0 spiro atoms. The number of para-hydroxylation sites is 1. The number of benzene rings is 1. The third-order valence-corrected chi connectivity index (χ3v) is 2.83. The first-order chi connectivity index (χ1) is 8.13. The maximum atomic E-state index is 11.7. The van der Waals surface area contributed by atoms with E-state index in [1.807, 2.05) is 0 Å². The fourth-order valence-electron chi connectivity index (χ4n) is 1.67. The van der Waals surface area contributed by atoms with E-state index in [-0.39, 0.29) is 23.8 Å². The minimum atomic E-state index is -0.221. The highest BCUT2D eigenvalue weighted by Gasteiger charge is 2.40. The molecule has 1 aliphatic rings. The second-order valence-corrected chi connectivity index (χ2v) is 4.12. The molecule has 90 valence electrons. The molecule has 1 aliphatic carbocycles. The monoisotopic (exact) mass is 233 g/mol. The first kappa shape index (κ1) is 11.6. The molecule has 0 radical (unpaired) electrons. The first-order valence-corrected chi connectivity index (χ1v) is 5.51. The Labute approximate surface area is 99.4 Å². The number of amides is 2. The van der Waals surface area contributed by atoms with Crippen LogP contribution in [-0.2, 0) is 4.79 Å². The van der Waals surface area contributed by atoms with Gasteiger partial charge in [-0.1, -0.05) is 12.1 Å². The number of nitrogens with one attached hydrogen (secondary N) is 2. The molecule has 0 aromatic heterocycles. The van der Waals surface area contributed by atoms with E-state index in [2.05, 4.69) is 10.6 Å². The third-order valence-electron chi connectivity index (χ3n) is 2.83. The van der Waals surface area contributed by atoms with Crippen LogP contribution in [0.1, 0.15) is 16.8 Å². The van der Waals surface area contributed by atoms with E-state index in [1.165, 1.54) is 0 Å². The van der Waals surface area contributed by atoms with Crippen LogP contribution in [0.2, 0.25) is 0 Å². The number of hydrogen-bond acceptors (Lipinski definition) is 3. The Morgan fingerprint density at radius 1 is 1.35 bits per heavy atom. The van der Waals surface area contributed by atoms with Crippen molar-refractivity contribution in [2.24, 2.45) is 11.7 Å². The largest absolute Gasteiger partial charge is 0.355 e. The van der Waals surface area contributed by atoms with Gasteiger partial charge in [-0.3, -0.25) is 9.59 Å². The summed E-state index contributed by atoms with van der Waals surface area (Å²) in [5.74, 6) is -0.456. The molecule has 1 fully saturated rings. The number of carbonyl (C=O) groups is 2. The van der Waals surface area contributed by atoms with Crippen molar-refractivity contribution in [1.82, 2.24) is 5.32 Å². The SMILES string of the molecule is CNC(=O)c1ccccc1NC(=O)C1CC1N. The Kier molecular flexibility index (Phi) is 3.10. The van der Waals surface area contributed by atoms with E-state index in [0.29, 0.717) is 17.7 Å². The summed E-state index contributed by atoms with van der Waals surface area (Å²) in [4.78, 5) is 23.3. The van der Waals surface area contributed by atoms with Crippen molar-refractivity contribution in [3.05, 3.63) is 29.8 Å². The molecule has 0 aliphatic heterocycles. The second kappa shape index (κ2) is 4.55. The zero-order valence-electron chi connectivity index (χ0n) is 9.57. The minimum absolute atomic E-state index is 0.0397. The van der Waals surface area contributed by atoms with Gasteiger partial charge >= 0.3 is 0 Å². The van der Waals surface area contributed by atoms with E-state index in [0.717, 1.165) is 0 Å². The fourth-order valence-corrected chi connectivity index (χ4v) is 1.67. The fraction of sp³-hybridized carbons (Fsp3) is 0.333. The van der Waals surface area contributed by atoms with Crippen LogP contribution in [0.15, 0.2) is 24.3 Å². The van der Waals surface area contributed by atoms with Gasteiger partial charge in [0.25, 0.3) is 5.91 Å². The molecule has 2 unspecified atom stereocenters. The first-order valence-electron chi connectivity index (χ1n) is 5.51. The molecule has 1 aromatic rings. The molecule has 2 amide bonds. The average Bonchev–Trinajstić information content (AvgIpc) is 3.06. The topological polar surface area (TPSA) is 84.2 Å². The van der Waals surface area contributed by atoms with Crippen molar-refractivity contribution < 1.29 is 9.59 Å². The van der Waals surface area contributed by atoms with E-state index in [1.54, 1.807) is 31.3 Å². The van der Waals surface area contributed by atoms with E-state index < -0.39 is 0 Å². The van der Waals surface area contributed by atoms with Gasteiger partial charge in [0, 0.05) is 13.1 Å². The molecule has 4 N–H and O–H groups in total. The van der Waals surface area contributed by atoms with Crippen molar-refractivity contribution in [3.63, 3.8) is 0 Å². The molecule has 0 bridgehead atoms. The van der Waals surface area contributed by atoms with Crippen LogP contribution in [-0.4, -0.2) is 24.9 Å². The van der Waals surface area contributed by atoms with Gasteiger partial charge in [-0.25, -0.2) is 0 Å². The van der Waals surface area contributed by atoms with Crippen molar-refractivity contribution in [2.45, 2.75) is 12.5 Å². The quantitative estimate of drug-likeness (QED) is 0.703. The summed E-state index contributed by atoms with van der Waals surface area (Å²) < 4.78 is 0. The molecule has 0 heterocycles. The van der Waals surface area contributed by atoms with Crippen LogP contribution in [0.4, 0.5) is 5.69 Å². The summed E-state index contributed by atoms with van der Waals surface area (Å²) in [6.45, 7) is 0. The molecule has 5 nitrogen and oxygen atoms in total. The zero-order valence-corrected chi connectivity index (χ0v) is 9.57. The maximum Gasteiger partial charge on any atom is 0.253 e. The smallest absolute Gasteiger partial charge is 0.253 e. The van der Waals surface area contributed by atoms with Crippen LogP contribution in [0.25, 0.3) is 0 Å². The molecule has 1 saturated carbocycles. The van der Waals surface area contributed by atoms with Crippen LogP contribution in [0, 0.1) is 5.92 Å². The highest BCUT2D eigenvalue weighted by atomic mass is 16.2. The van der Waals surface area contributed by atoms with E-state index >= 15 is 0 Å². The predicted molar refractivity (Wildman–Crippen MR) is 64.5 cm³/mol. The number of hydrogen-bond donors (Lipinski definition) is 3. The zero-order chi connectivity index (χ0) is 12.4. The summed E-state index contributed by atoms with van der Waals surface area (Å²) in [6.07, 6.45) is 0.716. The summed E-state index contributed by atoms with van der Waals surface area (Å²) in [5, 5.41) is 5.27. The lowest BCUT2D eigenvalue weighted by Gasteiger charge is -2.09. The normalized spacial score (nSPS) is 21.8. The Hall–Kier alpha value is -1.88. The van der Waals surface area contributed by atoms with Crippen molar-refractivity contribution in [2.75, 3.05) is 12.4 Å². The van der Waals surface area contributed by atoms with Gasteiger partial charge in [0.2, 0.25) is 5.91 Å². The van der Waals surface area contributed by atoms with Gasteiger partial charge in [-0.05, 0) is 18.6 Å². The minimum Gasteiger partial charge on any atom is -0.355 e. The molecular weight excluding hydrogens is 218 g/mol. The van der Waals surface area contributed by atoms with Crippen molar-refractivity contribution in [1.29, 1.82) is 0 Å². The standard InChI is InChI=1S/C12H15N3O2/c1-14-11(16)7-4-2-3-5-10(7)15-12(17)8-6-9(8)13/h2-5,8-9H,6,13H2,1H3,(H,14,16)(H,15,17). The Morgan fingerprint density at radius 2 is 2.00 bits per heavy atom. The lowest BCUT2D eigenvalue weighted by molar-refractivity contribution is -0.117. The molecule has 1 aromatic carbocycles. The van der Waals surface area contributed by atoms with Gasteiger partial charge < -0.3 is 16.4 Å². The summed E-state index contributed by atoms with van der Waals surface area (Å²) in [7, 11) is 1.55. The lowest BCUT2D eigenvalue weighted by atomic mass is 10.1. The van der Waals surface area contributed by atoms with E-state index in [4.69, 9.17) is 5.73 Å². The van der Waals surface area contributed by atoms with Gasteiger partial charge in [-0.2, -0.15) is 0 Å². The number of carbonyl (C=O) groups excluding carboxylic acids is 2. The van der Waals surface area contributed by atoms with Gasteiger partial charge in [0.1, 0.15) is 0 Å². The summed E-state index contributed by atoms with van der Waals surface area (Å²) in [6, 6.07) is 6.86. The van der Waals surface area contributed by atoms with Crippen LogP contribution < -0.4 is 16.4 Å². The Bertz CT molecular complexity index is 459. The molecule has 2 rings (SSSR count). The van der Waals surface area contributed by atoms with Crippen molar-refractivity contribution in [3.8, 4) is 0 Å². The summed E-state index contributed by atoms with van der Waals surface area (Å²) in [5.41, 5.74) is 6.59. The van der Waals surface area contributed by atoms with Gasteiger partial charge in [0.05, 0.1) is 17.2 Å². The van der Waals surface area contributed by atoms with Gasteiger partial charge in [-0.15, -0.1) is 0 Å². The number of anilines is 1. The maximum absolute atomic E-state index is 11.7. The van der Waals surface area contributed by atoms with Crippen molar-refractivity contribution >= 4 is 17.5 Å². The molecule has 0 saturated heterocycles. The lowest BCUT2D eigenvalue weighted by Crippen LogP contribution is -2.23. The average molecular weight is 233 g/mol. The van der Waals surface area contributed by atoms with Crippen LogP contribution in [0.5, 0.6) is 0 Å². The highest BCUT2D eigenvalue weighted by Crippen LogP contribution is 2.29. The molecule has 5 heteroatoms. The van der Waals surface area contributed by atoms with E-state index in [9.17, 15) is 9.59 Å². The van der Waals surface area contributed by atoms with Crippen LogP contribution >= 0.6 is 0 Å². The molecule has 17 heavy (non-hydrogen) atoms. The van der Waals surface area contributed by atoms with Crippen LogP contribution in [0.3, 0.4) is 0 Å².